The minimum atomic E-state index is -3.94. The van der Waals surface area contributed by atoms with E-state index in [1.165, 1.54) is 31.4 Å². The third-order valence-electron chi connectivity index (χ3n) is 4.95. The highest BCUT2D eigenvalue weighted by atomic mass is 32.3. The number of ether oxygens (including phenoxy) is 1. The fraction of sp³-hybridized carbons (Fsp3) is 0.350. The Kier molecular flexibility index (Phi) is 6.44. The number of fused-ring (bicyclic) bond motifs is 1. The molecular formula is C20H26N2O6S2. The number of benzene rings is 2. The summed E-state index contributed by atoms with van der Waals surface area (Å²) in [7, 11) is -2.19. The van der Waals surface area contributed by atoms with E-state index in [1.54, 1.807) is 18.2 Å². The van der Waals surface area contributed by atoms with Crippen molar-refractivity contribution in [2.24, 2.45) is 0 Å². The van der Waals surface area contributed by atoms with Crippen molar-refractivity contribution in [1.29, 1.82) is 0 Å². The monoisotopic (exact) mass is 454 g/mol. The van der Waals surface area contributed by atoms with E-state index < -0.39 is 31.6 Å². The van der Waals surface area contributed by atoms with Crippen molar-refractivity contribution in [2.45, 2.75) is 15.0 Å². The number of carbonyl (C=O) groups is 1. The third-order valence-corrected chi connectivity index (χ3v) is 9.10. The average Bonchev–Trinajstić information content (AvgIpc) is 2.99. The molecule has 8 nitrogen and oxygen atoms in total. The first kappa shape index (κ1) is 22.6. The second kappa shape index (κ2) is 8.56. The SMILES string of the molecule is COc1c(C(=O)NCCN(C)C)ccc2c1C(S(=O)(=O)c1ccccc1)CS2(O)O. The van der Waals surface area contributed by atoms with Crippen molar-refractivity contribution in [3.63, 3.8) is 0 Å². The number of nitrogens with one attached hydrogen (secondary N) is 1. The maximum absolute atomic E-state index is 13.3. The van der Waals surface area contributed by atoms with E-state index in [1.807, 2.05) is 19.0 Å². The molecule has 0 saturated carbocycles. The van der Waals surface area contributed by atoms with Gasteiger partial charge in [0.2, 0.25) is 0 Å². The summed E-state index contributed by atoms with van der Waals surface area (Å²) in [5.74, 6) is -0.741. The van der Waals surface area contributed by atoms with E-state index >= 15 is 0 Å². The van der Waals surface area contributed by atoms with Crippen molar-refractivity contribution in [3.05, 3.63) is 53.6 Å². The second-order valence-corrected chi connectivity index (χ2v) is 11.5. The summed E-state index contributed by atoms with van der Waals surface area (Å²) >= 11 is 0. The van der Waals surface area contributed by atoms with Crippen LogP contribution in [0.15, 0.2) is 52.3 Å². The van der Waals surface area contributed by atoms with E-state index in [9.17, 15) is 22.3 Å². The van der Waals surface area contributed by atoms with Gasteiger partial charge >= 0.3 is 0 Å². The van der Waals surface area contributed by atoms with Crippen LogP contribution in [-0.4, -0.2) is 68.4 Å². The summed E-state index contributed by atoms with van der Waals surface area (Å²) in [4.78, 5) is 14.8. The van der Waals surface area contributed by atoms with E-state index in [4.69, 9.17) is 4.74 Å². The molecule has 0 aromatic heterocycles. The predicted molar refractivity (Wildman–Crippen MR) is 116 cm³/mol. The largest absolute Gasteiger partial charge is 0.496 e. The number of amides is 1. The van der Waals surface area contributed by atoms with Gasteiger partial charge in [-0.15, -0.1) is 0 Å². The highest BCUT2D eigenvalue weighted by Gasteiger charge is 2.46. The zero-order valence-electron chi connectivity index (χ0n) is 17.0. The Balaban J connectivity index is 2.09. The third kappa shape index (κ3) is 4.19. The van der Waals surface area contributed by atoms with Crippen LogP contribution in [0.2, 0.25) is 0 Å². The van der Waals surface area contributed by atoms with E-state index in [2.05, 4.69) is 5.32 Å². The minimum absolute atomic E-state index is 0.0526. The molecule has 1 heterocycles. The lowest BCUT2D eigenvalue weighted by Crippen LogP contribution is -2.31. The maximum Gasteiger partial charge on any atom is 0.255 e. The van der Waals surface area contributed by atoms with Crippen molar-refractivity contribution >= 4 is 26.3 Å². The molecule has 0 fully saturated rings. The van der Waals surface area contributed by atoms with Gasteiger partial charge in [-0.1, -0.05) is 18.2 Å². The molecule has 1 atom stereocenters. The second-order valence-electron chi connectivity index (χ2n) is 7.30. The number of methoxy groups -OCH3 is 1. The van der Waals surface area contributed by atoms with Crippen molar-refractivity contribution in [2.75, 3.05) is 40.0 Å². The van der Waals surface area contributed by atoms with E-state index in [-0.39, 0.29) is 32.4 Å². The van der Waals surface area contributed by atoms with Gasteiger partial charge in [0, 0.05) is 18.7 Å². The molecule has 1 aliphatic rings. The van der Waals surface area contributed by atoms with Gasteiger partial charge in [-0.3, -0.25) is 13.9 Å². The molecular weight excluding hydrogens is 428 g/mol. The fourth-order valence-electron chi connectivity index (χ4n) is 3.46. The lowest BCUT2D eigenvalue weighted by atomic mass is 10.1. The maximum atomic E-state index is 13.3. The molecule has 1 amide bonds. The molecule has 0 radical (unpaired) electrons. The number of rotatable bonds is 7. The first-order chi connectivity index (χ1) is 14.1. The molecule has 3 N–H and O–H groups in total. The average molecular weight is 455 g/mol. The van der Waals surface area contributed by atoms with Gasteiger partial charge in [0.05, 0.1) is 28.2 Å². The quantitative estimate of drug-likeness (QED) is 0.589. The van der Waals surface area contributed by atoms with Crippen LogP contribution in [0.5, 0.6) is 5.75 Å². The number of carbonyl (C=O) groups excluding carboxylic acids is 1. The van der Waals surface area contributed by atoms with Crippen molar-refractivity contribution in [1.82, 2.24) is 10.2 Å². The van der Waals surface area contributed by atoms with Gasteiger partial charge in [0.1, 0.15) is 11.0 Å². The standard InChI is InChI=1S/C20H26N2O6S2/c1-22(2)12-11-21-20(23)15-9-10-16-18(19(15)28-3)17(13-29(16,24)25)30(26,27)14-7-5-4-6-8-14/h4-10,17,24-25H,11-13H2,1-3H3,(H,21,23). The van der Waals surface area contributed by atoms with Crippen LogP contribution in [0.3, 0.4) is 0 Å². The molecule has 3 rings (SSSR count). The Hall–Kier alpha value is -2.11. The summed E-state index contributed by atoms with van der Waals surface area (Å²) in [6.07, 6.45) is 0. The van der Waals surface area contributed by atoms with Gasteiger partial charge < -0.3 is 15.0 Å². The molecule has 164 valence electrons. The topological polar surface area (TPSA) is 116 Å². The van der Waals surface area contributed by atoms with Crippen LogP contribution in [0.25, 0.3) is 0 Å². The number of hydrogen-bond donors (Lipinski definition) is 3. The molecule has 1 aliphatic heterocycles. The highest BCUT2D eigenvalue weighted by Crippen LogP contribution is 2.63. The lowest BCUT2D eigenvalue weighted by molar-refractivity contribution is 0.0947. The van der Waals surface area contributed by atoms with E-state index in [0.29, 0.717) is 13.1 Å². The predicted octanol–water partition coefficient (Wildman–Crippen LogP) is 2.62. The van der Waals surface area contributed by atoms with Gasteiger partial charge in [0.15, 0.2) is 9.84 Å². The molecule has 0 bridgehead atoms. The number of sulfone groups is 1. The molecule has 0 aliphatic carbocycles. The van der Waals surface area contributed by atoms with Gasteiger partial charge in [-0.05, 0) is 38.4 Å². The number of hydrogen-bond acceptors (Lipinski definition) is 7. The van der Waals surface area contributed by atoms with Crippen LogP contribution in [0, 0.1) is 0 Å². The molecule has 30 heavy (non-hydrogen) atoms. The zero-order chi connectivity index (χ0) is 22.1. The Morgan fingerprint density at radius 3 is 2.47 bits per heavy atom. The van der Waals surface area contributed by atoms with Gasteiger partial charge in [0.25, 0.3) is 5.91 Å². The van der Waals surface area contributed by atoms with E-state index in [0.717, 1.165) is 0 Å². The Morgan fingerprint density at radius 2 is 1.87 bits per heavy atom. The molecule has 2 aromatic rings. The summed E-state index contributed by atoms with van der Waals surface area (Å²) in [6, 6.07) is 10.7. The smallest absolute Gasteiger partial charge is 0.255 e. The fourth-order valence-corrected chi connectivity index (χ4v) is 7.87. The van der Waals surface area contributed by atoms with Crippen LogP contribution in [-0.2, 0) is 9.84 Å². The van der Waals surface area contributed by atoms with Crippen LogP contribution in [0.4, 0.5) is 0 Å². The first-order valence-electron chi connectivity index (χ1n) is 9.28. The molecule has 2 aromatic carbocycles. The number of nitrogens with zero attached hydrogens (tertiary/aromatic N) is 1. The van der Waals surface area contributed by atoms with Crippen molar-refractivity contribution in [3.8, 4) is 5.75 Å². The molecule has 0 saturated heterocycles. The van der Waals surface area contributed by atoms with Crippen LogP contribution < -0.4 is 10.1 Å². The summed E-state index contributed by atoms with van der Waals surface area (Å²) < 4.78 is 53.3. The van der Waals surface area contributed by atoms with Crippen molar-refractivity contribution < 1.29 is 27.1 Å². The molecule has 10 heteroatoms. The summed E-state index contributed by atoms with van der Waals surface area (Å²) in [5.41, 5.74) is 0.294. The van der Waals surface area contributed by atoms with Gasteiger partial charge in [-0.2, -0.15) is 10.6 Å². The summed E-state index contributed by atoms with van der Waals surface area (Å²) in [5, 5.41) is 1.54. The van der Waals surface area contributed by atoms with Crippen LogP contribution in [0.1, 0.15) is 21.2 Å². The first-order valence-corrected chi connectivity index (χ1v) is 12.5. The molecule has 0 spiro atoms. The van der Waals surface area contributed by atoms with Gasteiger partial charge in [-0.25, -0.2) is 8.42 Å². The minimum Gasteiger partial charge on any atom is -0.496 e. The Bertz CT molecular complexity index is 1040. The Morgan fingerprint density at radius 1 is 1.20 bits per heavy atom. The zero-order valence-corrected chi connectivity index (χ0v) is 18.7. The Labute approximate surface area is 178 Å². The summed E-state index contributed by atoms with van der Waals surface area (Å²) in [6.45, 7) is 1.03. The molecule has 1 unspecified atom stereocenters. The normalized spacial score (nSPS) is 18.7. The highest BCUT2D eigenvalue weighted by molar-refractivity contribution is 8.25. The number of likely N-dealkylation sites (N-methyl/N-ethyl adjacent to an activating group) is 1. The van der Waals surface area contributed by atoms with Crippen LogP contribution >= 0.6 is 10.6 Å². The lowest BCUT2D eigenvalue weighted by Gasteiger charge is -2.27.